The number of aryl methyl sites for hydroxylation is 1. The van der Waals surface area contributed by atoms with Crippen LogP contribution in [-0.4, -0.2) is 71.0 Å². The molecular formula is C45H47N3O5S. The largest absolute Gasteiger partial charge is 0.507 e. The first-order chi connectivity index (χ1) is 26.1. The lowest BCUT2D eigenvalue weighted by Gasteiger charge is -2.60. The van der Waals surface area contributed by atoms with Crippen LogP contribution < -0.4 is 9.47 Å². The van der Waals surface area contributed by atoms with E-state index >= 15 is 0 Å². The Kier molecular flexibility index (Phi) is 8.72. The van der Waals surface area contributed by atoms with E-state index in [0.29, 0.717) is 29.2 Å². The average molecular weight is 742 g/mol. The maximum absolute atomic E-state index is 13.9. The number of esters is 1. The van der Waals surface area contributed by atoms with Crippen molar-refractivity contribution >= 4 is 17.7 Å². The van der Waals surface area contributed by atoms with Crippen molar-refractivity contribution in [3.8, 4) is 34.4 Å². The second-order valence-electron chi connectivity index (χ2n) is 15.9. The normalized spacial score (nSPS) is 24.1. The SMILES string of the molecule is Cc1cc2c(c(C)c1C)[C@@H]1C3Cc4c(O)c(C)c5c(c4[C@H](COC(=O)[C@H](C)CSCC4c6ccccc6-c6ccccc64)N3[C@@H](C#N)[C@H](C2)N1C)OCO5. The maximum Gasteiger partial charge on any atom is 0.309 e. The van der Waals surface area contributed by atoms with Gasteiger partial charge in [-0.3, -0.25) is 14.6 Å². The van der Waals surface area contributed by atoms with E-state index in [2.05, 4.69) is 98.3 Å². The molecule has 2 bridgehead atoms. The highest BCUT2D eigenvalue weighted by Crippen LogP contribution is 2.57. The number of hydrogen-bond acceptors (Lipinski definition) is 9. The number of thioether (sulfide) groups is 1. The molecule has 4 aliphatic heterocycles. The monoisotopic (exact) mass is 741 g/mol. The summed E-state index contributed by atoms with van der Waals surface area (Å²) in [6.07, 6.45) is 1.28. The highest BCUT2D eigenvalue weighted by atomic mass is 32.2. The molecule has 54 heavy (non-hydrogen) atoms. The Labute approximate surface area is 322 Å². The molecule has 9 heteroatoms. The van der Waals surface area contributed by atoms with Gasteiger partial charge in [-0.15, -0.1) is 0 Å². The van der Waals surface area contributed by atoms with E-state index in [9.17, 15) is 15.2 Å². The Morgan fingerprint density at radius 3 is 2.35 bits per heavy atom. The standard InChI is InChI=1S/C45H47N3O5S/c1-23-15-28-16-35-37(18-46)48-36(41(47(35)6)39(28)26(4)25(23)3)17-33-40(44-43(52-22-53-44)27(5)42(33)49)38(48)19-51-45(50)24(2)20-54-21-34-31-13-9-7-11-29(31)30-12-8-10-14-32(30)34/h7-15,24,34-38,41,49H,16-17,19-22H2,1-6H3/t24-,35+,36?,37+,38+,41+/m1/s1. The quantitative estimate of drug-likeness (QED) is 0.190. The first kappa shape index (κ1) is 35.2. The smallest absolute Gasteiger partial charge is 0.309 e. The van der Waals surface area contributed by atoms with Gasteiger partial charge in [-0.1, -0.05) is 61.5 Å². The Bertz CT molecular complexity index is 2200. The molecule has 5 aliphatic rings. The second kappa shape index (κ2) is 13.4. The van der Waals surface area contributed by atoms with Crippen LogP contribution in [0.1, 0.15) is 80.6 Å². The summed E-state index contributed by atoms with van der Waals surface area (Å²) in [4.78, 5) is 18.6. The third kappa shape index (κ3) is 5.21. The fourth-order valence-corrected chi connectivity index (χ4v) is 11.5. The number of likely N-dealkylation sites (N-methyl/N-ethyl adjacent to an activating group) is 1. The zero-order valence-corrected chi connectivity index (χ0v) is 32.6. The van der Waals surface area contributed by atoms with Gasteiger partial charge in [0, 0.05) is 46.2 Å². The third-order valence-electron chi connectivity index (χ3n) is 13.2. The van der Waals surface area contributed by atoms with Crippen LogP contribution in [0.5, 0.6) is 17.2 Å². The molecular weight excluding hydrogens is 695 g/mol. The molecule has 1 saturated heterocycles. The van der Waals surface area contributed by atoms with E-state index in [1.54, 1.807) is 11.8 Å². The number of fused-ring (bicyclic) bond motifs is 12. The van der Waals surface area contributed by atoms with Crippen LogP contribution >= 0.6 is 11.8 Å². The van der Waals surface area contributed by atoms with Gasteiger partial charge >= 0.3 is 5.97 Å². The van der Waals surface area contributed by atoms with Crippen molar-refractivity contribution in [1.82, 2.24) is 9.80 Å². The van der Waals surface area contributed by atoms with Gasteiger partial charge in [-0.2, -0.15) is 17.0 Å². The highest BCUT2D eigenvalue weighted by Gasteiger charge is 2.56. The summed E-state index contributed by atoms with van der Waals surface area (Å²) in [5.41, 5.74) is 14.0. The maximum atomic E-state index is 13.9. The third-order valence-corrected chi connectivity index (χ3v) is 14.5. The van der Waals surface area contributed by atoms with Gasteiger partial charge < -0.3 is 19.3 Å². The van der Waals surface area contributed by atoms with Crippen LogP contribution in [0, 0.1) is 44.9 Å². The molecule has 0 spiro atoms. The predicted octanol–water partition coefficient (Wildman–Crippen LogP) is 7.85. The van der Waals surface area contributed by atoms with Gasteiger partial charge in [-0.05, 0) is 97.7 Å². The van der Waals surface area contributed by atoms with Gasteiger partial charge in [0.25, 0.3) is 0 Å². The fourth-order valence-electron chi connectivity index (χ4n) is 10.3. The van der Waals surface area contributed by atoms with Gasteiger partial charge in [0.05, 0.1) is 24.1 Å². The number of hydrogen-bond donors (Lipinski definition) is 1. The number of phenolic OH excluding ortho intramolecular Hbond substituents is 1. The summed E-state index contributed by atoms with van der Waals surface area (Å²) in [7, 11) is 2.14. The molecule has 1 N–H and O–H groups in total. The molecule has 9 rings (SSSR count). The summed E-state index contributed by atoms with van der Waals surface area (Å²) < 4.78 is 18.3. The summed E-state index contributed by atoms with van der Waals surface area (Å²) in [6.45, 7) is 10.5. The molecule has 6 atom stereocenters. The van der Waals surface area contributed by atoms with Crippen LogP contribution in [0.25, 0.3) is 11.1 Å². The lowest BCUT2D eigenvalue weighted by Crippen LogP contribution is -2.68. The van der Waals surface area contributed by atoms with Crippen LogP contribution in [0.2, 0.25) is 0 Å². The summed E-state index contributed by atoms with van der Waals surface area (Å²) in [5, 5.41) is 22.8. The van der Waals surface area contributed by atoms with Gasteiger partial charge in [-0.25, -0.2) is 0 Å². The number of carbonyl (C=O) groups is 1. The van der Waals surface area contributed by atoms with Gasteiger partial charge in [0.2, 0.25) is 6.79 Å². The molecule has 4 aromatic rings. The fraction of sp³-hybridized carbons (Fsp3) is 0.422. The highest BCUT2D eigenvalue weighted by molar-refractivity contribution is 7.99. The van der Waals surface area contributed by atoms with Crippen LogP contribution in [0.3, 0.4) is 0 Å². The number of phenols is 1. The minimum Gasteiger partial charge on any atom is -0.507 e. The van der Waals surface area contributed by atoms with Gasteiger partial charge in [0.1, 0.15) is 18.4 Å². The van der Waals surface area contributed by atoms with E-state index < -0.39 is 12.1 Å². The molecule has 1 unspecified atom stereocenters. The number of nitrogens with zero attached hydrogens (tertiary/aromatic N) is 3. The molecule has 0 aromatic heterocycles. The minimum atomic E-state index is -0.507. The summed E-state index contributed by atoms with van der Waals surface area (Å²) in [6, 6.07) is 21.1. The number of nitriles is 1. The van der Waals surface area contributed by atoms with Gasteiger partial charge in [0.15, 0.2) is 11.5 Å². The second-order valence-corrected chi connectivity index (χ2v) is 17.0. The zero-order chi connectivity index (χ0) is 37.6. The molecule has 1 aliphatic carbocycles. The molecule has 0 saturated carbocycles. The van der Waals surface area contributed by atoms with E-state index in [1.807, 2.05) is 13.8 Å². The van der Waals surface area contributed by atoms with Crippen LogP contribution in [0.15, 0.2) is 54.6 Å². The van der Waals surface area contributed by atoms with Crippen molar-refractivity contribution in [1.29, 1.82) is 5.26 Å². The van der Waals surface area contributed by atoms with Crippen molar-refractivity contribution in [2.24, 2.45) is 5.92 Å². The van der Waals surface area contributed by atoms with E-state index in [0.717, 1.165) is 23.3 Å². The average Bonchev–Trinajstić information content (AvgIpc) is 3.79. The van der Waals surface area contributed by atoms with E-state index in [1.165, 1.54) is 50.1 Å². The molecule has 1 fully saturated rings. The van der Waals surface area contributed by atoms with Crippen molar-refractivity contribution in [3.05, 3.63) is 110 Å². The molecule has 4 aromatic carbocycles. The zero-order valence-electron chi connectivity index (χ0n) is 31.8. The molecule has 278 valence electrons. The Morgan fingerprint density at radius 1 is 0.963 bits per heavy atom. The number of aromatic hydroxyl groups is 1. The van der Waals surface area contributed by atoms with Crippen molar-refractivity contribution < 1.29 is 24.1 Å². The lowest BCUT2D eigenvalue weighted by atomic mass is 9.70. The van der Waals surface area contributed by atoms with E-state index in [-0.39, 0.29) is 55.1 Å². The number of piperazine rings is 1. The van der Waals surface area contributed by atoms with Crippen LogP contribution in [-0.2, 0) is 22.4 Å². The van der Waals surface area contributed by atoms with E-state index in [4.69, 9.17) is 14.2 Å². The number of carbonyl (C=O) groups excluding carboxylic acids is 1. The van der Waals surface area contributed by atoms with Crippen LogP contribution in [0.4, 0.5) is 0 Å². The Balaban J connectivity index is 1.01. The van der Waals surface area contributed by atoms with Crippen molar-refractivity contribution in [2.75, 3.05) is 32.0 Å². The summed E-state index contributed by atoms with van der Waals surface area (Å²) in [5.74, 6) is 2.48. The minimum absolute atomic E-state index is 0.0136. The molecule has 4 heterocycles. The number of rotatable bonds is 7. The lowest BCUT2D eigenvalue weighted by molar-refractivity contribution is -0.152. The Hall–Kier alpha value is -4.49. The first-order valence-corrected chi connectivity index (χ1v) is 20.3. The summed E-state index contributed by atoms with van der Waals surface area (Å²) >= 11 is 1.79. The molecule has 0 amide bonds. The number of ether oxygens (including phenoxy) is 3. The Morgan fingerprint density at radius 2 is 1.65 bits per heavy atom. The first-order valence-electron chi connectivity index (χ1n) is 19.2. The topological polar surface area (TPSA) is 95.3 Å². The molecule has 0 radical (unpaired) electrons. The predicted molar refractivity (Wildman–Crippen MR) is 210 cm³/mol. The van der Waals surface area contributed by atoms with Crippen molar-refractivity contribution in [2.45, 2.75) is 83.6 Å². The molecule has 8 nitrogen and oxygen atoms in total. The van der Waals surface area contributed by atoms with Crippen molar-refractivity contribution in [3.63, 3.8) is 0 Å². The number of benzene rings is 4.